The van der Waals surface area contributed by atoms with E-state index in [0.29, 0.717) is 16.5 Å². The molecule has 30 heavy (non-hydrogen) atoms. The SMILES string of the molecule is C=CC(C)(CO)N1CCN(c2ccc(NC(=O)COc3ccc(Cl)cc3)cn2)CC1. The molecule has 1 saturated heterocycles. The first-order valence-corrected chi connectivity index (χ1v) is 10.2. The van der Waals surface area contributed by atoms with Gasteiger partial charge in [0.2, 0.25) is 0 Å². The maximum absolute atomic E-state index is 12.1. The number of nitrogens with zero attached hydrogens (tertiary/aromatic N) is 3. The smallest absolute Gasteiger partial charge is 0.262 e. The van der Waals surface area contributed by atoms with E-state index in [0.717, 1.165) is 32.0 Å². The Labute approximate surface area is 181 Å². The molecule has 3 rings (SSSR count). The van der Waals surface area contributed by atoms with Crippen molar-refractivity contribution in [2.75, 3.05) is 49.6 Å². The quantitative estimate of drug-likeness (QED) is 0.627. The summed E-state index contributed by atoms with van der Waals surface area (Å²) in [7, 11) is 0. The number of hydrogen-bond donors (Lipinski definition) is 2. The minimum Gasteiger partial charge on any atom is -0.484 e. The summed E-state index contributed by atoms with van der Waals surface area (Å²) in [5.41, 5.74) is 0.212. The van der Waals surface area contributed by atoms with E-state index in [9.17, 15) is 9.90 Å². The second-order valence-corrected chi connectivity index (χ2v) is 7.83. The molecule has 1 aliphatic rings. The first kappa shape index (κ1) is 22.1. The molecule has 0 bridgehead atoms. The number of piperazine rings is 1. The number of pyridine rings is 1. The lowest BCUT2D eigenvalue weighted by Gasteiger charge is -2.43. The number of aromatic nitrogens is 1. The molecule has 1 atom stereocenters. The van der Waals surface area contributed by atoms with E-state index in [1.165, 1.54) is 0 Å². The van der Waals surface area contributed by atoms with Crippen LogP contribution in [0.3, 0.4) is 0 Å². The zero-order valence-corrected chi connectivity index (χ0v) is 17.8. The average Bonchev–Trinajstić information content (AvgIpc) is 2.79. The van der Waals surface area contributed by atoms with E-state index >= 15 is 0 Å². The predicted octanol–water partition coefficient (Wildman–Crippen LogP) is 2.81. The van der Waals surface area contributed by atoms with Crippen molar-refractivity contribution in [1.29, 1.82) is 0 Å². The molecule has 7 nitrogen and oxygen atoms in total. The number of rotatable bonds is 8. The highest BCUT2D eigenvalue weighted by atomic mass is 35.5. The Morgan fingerprint density at radius 1 is 1.27 bits per heavy atom. The molecule has 2 heterocycles. The van der Waals surface area contributed by atoms with Crippen molar-refractivity contribution < 1.29 is 14.6 Å². The Morgan fingerprint density at radius 2 is 1.97 bits per heavy atom. The van der Waals surface area contributed by atoms with Crippen molar-refractivity contribution in [3.05, 3.63) is 60.3 Å². The normalized spacial score (nSPS) is 16.6. The molecule has 8 heteroatoms. The van der Waals surface area contributed by atoms with Crippen LogP contribution in [0.4, 0.5) is 11.5 Å². The van der Waals surface area contributed by atoms with Gasteiger partial charge in [0.05, 0.1) is 24.0 Å². The summed E-state index contributed by atoms with van der Waals surface area (Å²) in [5.74, 6) is 1.17. The van der Waals surface area contributed by atoms with E-state index in [-0.39, 0.29) is 19.1 Å². The van der Waals surface area contributed by atoms with Crippen LogP contribution < -0.4 is 15.0 Å². The maximum Gasteiger partial charge on any atom is 0.262 e. The Bertz CT molecular complexity index is 852. The van der Waals surface area contributed by atoms with Gasteiger partial charge in [-0.25, -0.2) is 4.98 Å². The molecule has 2 N–H and O–H groups in total. The van der Waals surface area contributed by atoms with Crippen LogP contribution in [0.1, 0.15) is 6.92 Å². The average molecular weight is 431 g/mol. The number of nitrogens with one attached hydrogen (secondary N) is 1. The Morgan fingerprint density at radius 3 is 2.53 bits per heavy atom. The van der Waals surface area contributed by atoms with E-state index in [2.05, 4.69) is 26.7 Å². The van der Waals surface area contributed by atoms with Crippen LogP contribution in [0, 0.1) is 0 Å². The minimum absolute atomic E-state index is 0.0465. The van der Waals surface area contributed by atoms with Crippen molar-refractivity contribution in [2.24, 2.45) is 0 Å². The van der Waals surface area contributed by atoms with Crippen LogP contribution in [0.5, 0.6) is 5.75 Å². The lowest BCUT2D eigenvalue weighted by Crippen LogP contribution is -2.56. The molecule has 1 unspecified atom stereocenters. The topological polar surface area (TPSA) is 77.9 Å². The first-order chi connectivity index (χ1) is 14.4. The Hall–Kier alpha value is -2.61. The van der Waals surface area contributed by atoms with Gasteiger partial charge in [-0.1, -0.05) is 17.7 Å². The number of halogens is 1. The zero-order valence-electron chi connectivity index (χ0n) is 17.1. The predicted molar refractivity (Wildman–Crippen MR) is 119 cm³/mol. The van der Waals surface area contributed by atoms with Gasteiger partial charge in [-0.3, -0.25) is 9.69 Å². The molecule has 1 aromatic heterocycles. The number of aliphatic hydroxyl groups excluding tert-OH is 1. The highest BCUT2D eigenvalue weighted by Gasteiger charge is 2.31. The van der Waals surface area contributed by atoms with Crippen LogP contribution in [-0.4, -0.2) is 65.8 Å². The van der Waals surface area contributed by atoms with Gasteiger partial charge >= 0.3 is 0 Å². The molecule has 1 aliphatic heterocycles. The van der Waals surface area contributed by atoms with Gasteiger partial charge in [-0.05, 0) is 43.3 Å². The molecular weight excluding hydrogens is 404 g/mol. The second-order valence-electron chi connectivity index (χ2n) is 7.39. The summed E-state index contributed by atoms with van der Waals surface area (Å²) in [6.07, 6.45) is 3.44. The number of hydrogen-bond acceptors (Lipinski definition) is 6. The highest BCUT2D eigenvalue weighted by molar-refractivity contribution is 6.30. The molecule has 0 saturated carbocycles. The van der Waals surface area contributed by atoms with Crippen molar-refractivity contribution in [3.63, 3.8) is 0 Å². The molecule has 1 aromatic carbocycles. The van der Waals surface area contributed by atoms with E-state index < -0.39 is 5.54 Å². The largest absolute Gasteiger partial charge is 0.484 e. The van der Waals surface area contributed by atoms with Gasteiger partial charge in [-0.15, -0.1) is 6.58 Å². The van der Waals surface area contributed by atoms with Crippen LogP contribution in [0.25, 0.3) is 0 Å². The third-order valence-corrected chi connectivity index (χ3v) is 5.55. The summed E-state index contributed by atoms with van der Waals surface area (Å²) >= 11 is 5.83. The minimum atomic E-state index is -0.401. The second kappa shape index (κ2) is 9.93. The molecule has 1 amide bonds. The summed E-state index contributed by atoms with van der Waals surface area (Å²) < 4.78 is 5.44. The van der Waals surface area contributed by atoms with Gasteiger partial charge in [0.15, 0.2) is 6.61 Å². The van der Waals surface area contributed by atoms with Crippen LogP contribution in [0.15, 0.2) is 55.3 Å². The van der Waals surface area contributed by atoms with E-state index in [4.69, 9.17) is 16.3 Å². The molecule has 160 valence electrons. The van der Waals surface area contributed by atoms with Crippen LogP contribution in [-0.2, 0) is 4.79 Å². The fourth-order valence-corrected chi connectivity index (χ4v) is 3.39. The standard InChI is InChI=1S/C22H27ClN4O3/c1-3-22(2,16-28)27-12-10-26(11-13-27)20-9-6-18(14-24-20)25-21(29)15-30-19-7-4-17(23)5-8-19/h3-9,14,28H,1,10-13,15-16H2,2H3,(H,25,29). The van der Waals surface area contributed by atoms with Gasteiger partial charge in [0.25, 0.3) is 5.91 Å². The fraction of sp³-hybridized carbons (Fsp3) is 0.364. The molecule has 1 fully saturated rings. The van der Waals surface area contributed by atoms with Crippen molar-refractivity contribution in [1.82, 2.24) is 9.88 Å². The lowest BCUT2D eigenvalue weighted by molar-refractivity contribution is -0.118. The molecule has 0 radical (unpaired) electrons. The molecule has 0 spiro atoms. The van der Waals surface area contributed by atoms with Gasteiger partial charge < -0.3 is 20.1 Å². The number of carbonyl (C=O) groups is 1. The fourth-order valence-electron chi connectivity index (χ4n) is 3.26. The monoisotopic (exact) mass is 430 g/mol. The number of aliphatic hydroxyl groups is 1. The number of ether oxygens (including phenoxy) is 1. The summed E-state index contributed by atoms with van der Waals surface area (Å²) in [5, 5.41) is 13.0. The van der Waals surface area contributed by atoms with Crippen molar-refractivity contribution in [3.8, 4) is 5.75 Å². The van der Waals surface area contributed by atoms with E-state index in [1.807, 2.05) is 19.1 Å². The number of benzene rings is 1. The number of anilines is 2. The lowest BCUT2D eigenvalue weighted by atomic mass is 10.0. The third kappa shape index (κ3) is 5.50. The Balaban J connectivity index is 1.48. The van der Waals surface area contributed by atoms with E-state index in [1.54, 1.807) is 36.5 Å². The van der Waals surface area contributed by atoms with Crippen molar-refractivity contribution >= 4 is 29.0 Å². The van der Waals surface area contributed by atoms with Gasteiger partial charge in [0.1, 0.15) is 11.6 Å². The first-order valence-electron chi connectivity index (χ1n) is 9.82. The third-order valence-electron chi connectivity index (χ3n) is 5.30. The van der Waals surface area contributed by atoms with Crippen LogP contribution in [0.2, 0.25) is 5.02 Å². The van der Waals surface area contributed by atoms with Crippen molar-refractivity contribution in [2.45, 2.75) is 12.5 Å². The highest BCUT2D eigenvalue weighted by Crippen LogP contribution is 2.22. The summed E-state index contributed by atoms with van der Waals surface area (Å²) in [6.45, 7) is 9.01. The number of carbonyl (C=O) groups excluding carboxylic acids is 1. The maximum atomic E-state index is 12.1. The van der Waals surface area contributed by atoms with Gasteiger partial charge in [-0.2, -0.15) is 0 Å². The summed E-state index contributed by atoms with van der Waals surface area (Å²) in [6, 6.07) is 10.6. The molecule has 0 aliphatic carbocycles. The molecule has 2 aromatic rings. The Kier molecular flexibility index (Phi) is 7.31. The molecular formula is C22H27ClN4O3. The summed E-state index contributed by atoms with van der Waals surface area (Å²) in [4.78, 5) is 21.0. The zero-order chi connectivity index (χ0) is 21.6. The number of amides is 1. The van der Waals surface area contributed by atoms with Gasteiger partial charge in [0, 0.05) is 31.2 Å². The van der Waals surface area contributed by atoms with Crippen LogP contribution >= 0.6 is 11.6 Å².